The summed E-state index contributed by atoms with van der Waals surface area (Å²) in [7, 11) is 3.18. The number of carbonyl (C=O) groups excluding carboxylic acids is 1. The monoisotopic (exact) mass is 470 g/mol. The highest BCUT2D eigenvalue weighted by Crippen LogP contribution is 2.46. The van der Waals surface area contributed by atoms with E-state index >= 15 is 0 Å². The fourth-order valence-corrected chi connectivity index (χ4v) is 4.44. The average molecular weight is 470 g/mol. The minimum Gasteiger partial charge on any atom is -0.497 e. The van der Waals surface area contributed by atoms with Crippen LogP contribution in [-0.4, -0.2) is 34.8 Å². The van der Waals surface area contributed by atoms with Crippen molar-refractivity contribution in [3.8, 4) is 28.4 Å². The Kier molecular flexibility index (Phi) is 5.66. The van der Waals surface area contributed by atoms with Crippen molar-refractivity contribution in [1.29, 1.82) is 0 Å². The van der Waals surface area contributed by atoms with Gasteiger partial charge in [0, 0.05) is 41.2 Å². The zero-order valence-electron chi connectivity index (χ0n) is 19.1. The average Bonchev–Trinajstić information content (AvgIpc) is 3.27. The Balaban J connectivity index is 1.76. The zero-order chi connectivity index (χ0) is 24.5. The molecule has 0 saturated carbocycles. The van der Waals surface area contributed by atoms with Crippen LogP contribution in [0.2, 0.25) is 0 Å². The maximum absolute atomic E-state index is 12.9. The second kappa shape index (κ2) is 8.94. The van der Waals surface area contributed by atoms with Crippen molar-refractivity contribution in [3.05, 3.63) is 94.0 Å². The molecule has 1 N–H and O–H groups in total. The molecule has 1 amide bonds. The second-order valence-electron chi connectivity index (χ2n) is 8.07. The van der Waals surface area contributed by atoms with E-state index in [0.29, 0.717) is 28.7 Å². The van der Waals surface area contributed by atoms with E-state index in [2.05, 4.69) is 5.32 Å². The standard InChI is InChI=1S/C26H22N4O5/c1-34-19-12-13-22(35-2)20(14-19)21-15-23(31)27-26-24(21)25(16-6-4-3-5-7-16)28-29(26)17-8-10-18(11-9-17)30(32)33/h3-14,21H,15H2,1-2H3,(H,27,31). The van der Waals surface area contributed by atoms with Gasteiger partial charge in [0.15, 0.2) is 0 Å². The number of hydrogen-bond acceptors (Lipinski definition) is 6. The Morgan fingerprint density at radius 3 is 2.43 bits per heavy atom. The number of non-ortho nitro benzene ring substituents is 1. The minimum atomic E-state index is -0.454. The summed E-state index contributed by atoms with van der Waals surface area (Å²) in [5, 5.41) is 19.0. The quantitative estimate of drug-likeness (QED) is 0.316. The number of fused-ring (bicyclic) bond motifs is 1. The number of methoxy groups -OCH3 is 2. The molecule has 0 spiro atoms. The highest BCUT2D eigenvalue weighted by molar-refractivity contribution is 5.97. The number of nitro groups is 1. The normalized spacial score (nSPS) is 14.7. The smallest absolute Gasteiger partial charge is 0.269 e. The minimum absolute atomic E-state index is 0.0268. The van der Waals surface area contributed by atoms with E-state index in [9.17, 15) is 14.9 Å². The van der Waals surface area contributed by atoms with Crippen molar-refractivity contribution in [2.24, 2.45) is 0 Å². The maximum atomic E-state index is 12.9. The first kappa shape index (κ1) is 22.1. The number of benzene rings is 3. The fraction of sp³-hybridized carbons (Fsp3) is 0.154. The predicted octanol–water partition coefficient (Wildman–Crippen LogP) is 4.94. The molecule has 1 aliphatic rings. The lowest BCUT2D eigenvalue weighted by atomic mass is 9.83. The molecular formula is C26H22N4O5. The highest BCUT2D eigenvalue weighted by atomic mass is 16.6. The van der Waals surface area contributed by atoms with Gasteiger partial charge in [-0.25, -0.2) is 4.68 Å². The molecule has 176 valence electrons. The Labute approximate surface area is 201 Å². The molecule has 2 heterocycles. The lowest BCUT2D eigenvalue weighted by molar-refractivity contribution is -0.384. The van der Waals surface area contributed by atoms with E-state index in [1.807, 2.05) is 48.5 Å². The number of nitrogens with one attached hydrogen (secondary N) is 1. The number of aromatic nitrogens is 2. The SMILES string of the molecule is COc1ccc(OC)c(C2CC(=O)Nc3c2c(-c2ccccc2)nn3-c2ccc([N+](=O)[O-])cc2)c1. The van der Waals surface area contributed by atoms with Crippen LogP contribution >= 0.6 is 0 Å². The third-order valence-corrected chi connectivity index (χ3v) is 6.08. The van der Waals surface area contributed by atoms with Crippen LogP contribution < -0.4 is 14.8 Å². The fourth-order valence-electron chi connectivity index (χ4n) is 4.44. The Morgan fingerprint density at radius 1 is 1.03 bits per heavy atom. The number of amides is 1. The molecule has 0 saturated heterocycles. The molecule has 1 aliphatic heterocycles. The second-order valence-corrected chi connectivity index (χ2v) is 8.07. The van der Waals surface area contributed by atoms with Gasteiger partial charge in [-0.2, -0.15) is 5.10 Å². The van der Waals surface area contributed by atoms with Crippen molar-refractivity contribution in [2.75, 3.05) is 19.5 Å². The topological polar surface area (TPSA) is 109 Å². The molecule has 3 aromatic carbocycles. The molecule has 1 unspecified atom stereocenters. The number of nitrogens with zero attached hydrogens (tertiary/aromatic N) is 3. The zero-order valence-corrected chi connectivity index (χ0v) is 19.1. The van der Waals surface area contributed by atoms with E-state index < -0.39 is 4.92 Å². The van der Waals surface area contributed by atoms with Crippen molar-refractivity contribution in [3.63, 3.8) is 0 Å². The van der Waals surface area contributed by atoms with Crippen LogP contribution in [-0.2, 0) is 4.79 Å². The van der Waals surface area contributed by atoms with Crippen molar-refractivity contribution in [1.82, 2.24) is 9.78 Å². The van der Waals surface area contributed by atoms with E-state index in [1.54, 1.807) is 31.0 Å². The van der Waals surface area contributed by atoms with Crippen molar-refractivity contribution < 1.29 is 19.2 Å². The molecule has 4 aromatic rings. The summed E-state index contributed by atoms with van der Waals surface area (Å²) in [5.41, 5.74) is 3.79. The van der Waals surface area contributed by atoms with E-state index in [-0.39, 0.29) is 23.9 Å². The van der Waals surface area contributed by atoms with Gasteiger partial charge in [-0.1, -0.05) is 30.3 Å². The molecule has 1 aromatic heterocycles. The summed E-state index contributed by atoms with van der Waals surface area (Å²) in [6.07, 6.45) is 0.197. The van der Waals surface area contributed by atoms with Gasteiger partial charge in [0.2, 0.25) is 5.91 Å². The predicted molar refractivity (Wildman–Crippen MR) is 130 cm³/mol. The number of ether oxygens (including phenoxy) is 2. The van der Waals surface area contributed by atoms with E-state index in [4.69, 9.17) is 14.6 Å². The molecule has 35 heavy (non-hydrogen) atoms. The van der Waals surface area contributed by atoms with Crippen molar-refractivity contribution >= 4 is 17.4 Å². The molecule has 9 nitrogen and oxygen atoms in total. The van der Waals surface area contributed by atoms with Crippen LogP contribution in [0.1, 0.15) is 23.5 Å². The van der Waals surface area contributed by atoms with Crippen LogP contribution in [0.5, 0.6) is 11.5 Å². The number of hydrogen-bond donors (Lipinski definition) is 1. The summed E-state index contributed by atoms with van der Waals surface area (Å²) < 4.78 is 12.7. The third-order valence-electron chi connectivity index (χ3n) is 6.08. The van der Waals surface area contributed by atoms with Gasteiger partial charge >= 0.3 is 0 Å². The molecular weight excluding hydrogens is 448 g/mol. The lowest BCUT2D eigenvalue weighted by Gasteiger charge is -2.26. The largest absolute Gasteiger partial charge is 0.497 e. The van der Waals surface area contributed by atoms with Gasteiger partial charge in [-0.05, 0) is 30.3 Å². The molecule has 0 aliphatic carbocycles. The molecule has 0 fully saturated rings. The molecule has 5 rings (SSSR count). The van der Waals surface area contributed by atoms with Gasteiger partial charge < -0.3 is 14.8 Å². The number of carbonyl (C=O) groups is 1. The van der Waals surface area contributed by atoms with Crippen LogP contribution in [0.15, 0.2) is 72.8 Å². The molecule has 0 radical (unpaired) electrons. The maximum Gasteiger partial charge on any atom is 0.269 e. The molecule has 9 heteroatoms. The van der Waals surface area contributed by atoms with Crippen LogP contribution in [0, 0.1) is 10.1 Å². The van der Waals surface area contributed by atoms with Crippen LogP contribution in [0.4, 0.5) is 11.5 Å². The van der Waals surface area contributed by atoms with Crippen molar-refractivity contribution in [2.45, 2.75) is 12.3 Å². The van der Waals surface area contributed by atoms with E-state index in [1.165, 1.54) is 12.1 Å². The third kappa shape index (κ3) is 3.97. The lowest BCUT2D eigenvalue weighted by Crippen LogP contribution is -2.25. The highest BCUT2D eigenvalue weighted by Gasteiger charge is 2.36. The van der Waals surface area contributed by atoms with Crippen LogP contribution in [0.3, 0.4) is 0 Å². The van der Waals surface area contributed by atoms with Gasteiger partial charge in [0.1, 0.15) is 17.3 Å². The first-order valence-corrected chi connectivity index (χ1v) is 10.9. The Morgan fingerprint density at radius 2 is 1.77 bits per heavy atom. The summed E-state index contributed by atoms with van der Waals surface area (Å²) in [6, 6.07) is 21.3. The number of anilines is 1. The first-order chi connectivity index (χ1) is 17.0. The van der Waals surface area contributed by atoms with Gasteiger partial charge in [-0.15, -0.1) is 0 Å². The van der Waals surface area contributed by atoms with E-state index in [0.717, 1.165) is 16.7 Å². The van der Waals surface area contributed by atoms with Gasteiger partial charge in [0.25, 0.3) is 5.69 Å². The number of rotatable bonds is 6. The summed E-state index contributed by atoms with van der Waals surface area (Å²) in [5.74, 6) is 1.28. The molecule has 1 atom stereocenters. The number of nitro benzene ring substituents is 1. The molecule has 0 bridgehead atoms. The van der Waals surface area contributed by atoms with Crippen LogP contribution in [0.25, 0.3) is 16.9 Å². The summed E-state index contributed by atoms with van der Waals surface area (Å²) >= 11 is 0. The Bertz CT molecular complexity index is 1410. The van der Waals surface area contributed by atoms with Gasteiger partial charge in [0.05, 0.1) is 30.5 Å². The summed E-state index contributed by atoms with van der Waals surface area (Å²) in [4.78, 5) is 23.6. The van der Waals surface area contributed by atoms with Gasteiger partial charge in [-0.3, -0.25) is 14.9 Å². The Hall–Kier alpha value is -4.66. The first-order valence-electron chi connectivity index (χ1n) is 10.9. The summed E-state index contributed by atoms with van der Waals surface area (Å²) in [6.45, 7) is 0.